The number of hydrogen-bond donors (Lipinski definition) is 3. The molecule has 19 heteroatoms. The first-order chi connectivity index (χ1) is 52.4. The second kappa shape index (κ2) is 80.3. The number of phosphoric ester groups is 2. The van der Waals surface area contributed by atoms with Crippen LogP contribution in [-0.2, 0) is 65.4 Å². The number of aliphatic hydroxyl groups is 1. The Kier molecular flexibility index (Phi) is 78.8. The molecular weight excluding hydrogens is 1400 g/mol. The van der Waals surface area contributed by atoms with E-state index in [1.54, 1.807) is 0 Å². The van der Waals surface area contributed by atoms with Gasteiger partial charge >= 0.3 is 39.5 Å². The molecule has 0 saturated heterocycles. The molecule has 0 aromatic carbocycles. The molecule has 0 amide bonds. The van der Waals surface area contributed by atoms with E-state index in [0.29, 0.717) is 25.7 Å². The maximum atomic E-state index is 13.2. The zero-order valence-electron chi connectivity index (χ0n) is 71.2. The minimum atomic E-state index is -4.97. The van der Waals surface area contributed by atoms with Crippen LogP contribution in [0.3, 0.4) is 0 Å². The Labute approximate surface area is 664 Å². The Hall–Kier alpha value is -1.94. The van der Waals surface area contributed by atoms with E-state index in [1.165, 1.54) is 295 Å². The van der Waals surface area contributed by atoms with E-state index in [2.05, 4.69) is 41.5 Å². The van der Waals surface area contributed by atoms with E-state index in [4.69, 9.17) is 37.0 Å². The van der Waals surface area contributed by atoms with Crippen molar-refractivity contribution in [3.05, 3.63) is 0 Å². The fourth-order valence-electron chi connectivity index (χ4n) is 13.9. The predicted octanol–water partition coefficient (Wildman–Crippen LogP) is 27.4. The molecule has 17 nitrogen and oxygen atoms in total. The highest BCUT2D eigenvalue weighted by Crippen LogP contribution is 2.45. The average molecular weight is 1580 g/mol. The summed E-state index contributed by atoms with van der Waals surface area (Å²) >= 11 is 0. The minimum absolute atomic E-state index is 0.106. The van der Waals surface area contributed by atoms with Gasteiger partial charge in [0.1, 0.15) is 19.3 Å². The molecule has 7 atom stereocenters. The van der Waals surface area contributed by atoms with Gasteiger partial charge in [0.05, 0.1) is 26.4 Å². The van der Waals surface area contributed by atoms with Gasteiger partial charge in [-0.25, -0.2) is 9.13 Å². The Morgan fingerprint density at radius 3 is 0.657 bits per heavy atom. The van der Waals surface area contributed by atoms with Gasteiger partial charge in [0, 0.05) is 25.7 Å². The van der Waals surface area contributed by atoms with E-state index in [-0.39, 0.29) is 25.7 Å². The third kappa shape index (κ3) is 79.3. The fraction of sp³-hybridized carbons (Fsp3) is 0.955. The van der Waals surface area contributed by atoms with Gasteiger partial charge in [-0.15, -0.1) is 0 Å². The quantitative estimate of drug-likeness (QED) is 0.0222. The molecule has 0 aromatic heterocycles. The molecule has 0 bridgehead atoms. The molecular formula is C89H174O17P2. The van der Waals surface area contributed by atoms with Crippen molar-refractivity contribution in [1.29, 1.82) is 0 Å². The number of aliphatic hydroxyl groups excluding tert-OH is 1. The van der Waals surface area contributed by atoms with Crippen LogP contribution in [0.5, 0.6) is 0 Å². The number of carbonyl (C=O) groups is 4. The Morgan fingerprint density at radius 1 is 0.259 bits per heavy atom. The van der Waals surface area contributed by atoms with Gasteiger partial charge in [0.2, 0.25) is 0 Å². The summed E-state index contributed by atoms with van der Waals surface area (Å²) in [5.74, 6) is -0.460. The van der Waals surface area contributed by atoms with E-state index >= 15 is 0 Å². The Balaban J connectivity index is 5.21. The summed E-state index contributed by atoms with van der Waals surface area (Å²) in [5.41, 5.74) is 0. The van der Waals surface area contributed by atoms with Crippen molar-refractivity contribution in [3.63, 3.8) is 0 Å². The molecule has 0 radical (unpaired) electrons. The van der Waals surface area contributed by atoms with Crippen LogP contribution in [0.15, 0.2) is 0 Å². The lowest BCUT2D eigenvalue weighted by molar-refractivity contribution is -0.161. The molecule has 4 unspecified atom stereocenters. The summed E-state index contributed by atoms with van der Waals surface area (Å²) in [4.78, 5) is 73.3. The second-order valence-corrected chi connectivity index (χ2v) is 35.4. The molecule has 3 N–H and O–H groups in total. The number of carbonyl (C=O) groups excluding carboxylic acids is 4. The molecule has 0 aromatic rings. The van der Waals surface area contributed by atoms with Crippen LogP contribution in [0.4, 0.5) is 0 Å². The van der Waals surface area contributed by atoms with Crippen molar-refractivity contribution >= 4 is 39.5 Å². The van der Waals surface area contributed by atoms with Crippen LogP contribution in [0.25, 0.3) is 0 Å². The van der Waals surface area contributed by atoms with Crippen molar-refractivity contribution in [2.45, 2.75) is 496 Å². The van der Waals surface area contributed by atoms with Gasteiger partial charge in [-0.1, -0.05) is 427 Å². The Bertz CT molecular complexity index is 2070. The van der Waals surface area contributed by atoms with Gasteiger partial charge in [0.15, 0.2) is 12.2 Å². The van der Waals surface area contributed by atoms with Crippen LogP contribution in [-0.4, -0.2) is 96.7 Å². The number of unbranched alkanes of at least 4 members (excludes halogenated alkanes) is 56. The first-order valence-corrected chi connectivity index (χ1v) is 49.1. The molecule has 0 rings (SSSR count). The monoisotopic (exact) mass is 1580 g/mol. The lowest BCUT2D eigenvalue weighted by Crippen LogP contribution is -2.30. The molecule has 0 aliphatic carbocycles. The number of hydrogen-bond acceptors (Lipinski definition) is 15. The summed E-state index contributed by atoms with van der Waals surface area (Å²) in [6.07, 6.45) is 73.7. The molecule has 0 aliphatic heterocycles. The number of rotatable bonds is 88. The summed E-state index contributed by atoms with van der Waals surface area (Å²) in [5, 5.41) is 10.7. The molecule has 0 aliphatic rings. The minimum Gasteiger partial charge on any atom is -0.462 e. The predicted molar refractivity (Wildman–Crippen MR) is 446 cm³/mol. The van der Waals surface area contributed by atoms with E-state index in [1.807, 2.05) is 0 Å². The SMILES string of the molecule is CCCCCCCCCCCCCCCCCCCCCCCCC(=O)OC[C@H](COP(=O)(O)OC[C@@H](O)COP(=O)(O)OC[C@@H](COC(=O)CCCCCCCCCCCCCC)OC(=O)CCCCCCCCCCC(C)CC)OC(=O)CCCCCCCCCCCCCCCCCCCCC(C)CC. The molecule has 0 spiro atoms. The standard InChI is InChI=1S/C89H174O17P2/c1-7-11-13-15-17-19-21-23-24-25-26-27-28-29-33-36-39-43-47-54-60-66-72-87(92)99-77-84(105-88(93)73-67-61-55-48-44-40-37-34-31-30-32-35-38-41-45-51-57-63-69-81(5)9-3)79-103-107(95,96)101-75-83(90)76-102-108(97,98)104-80-85(106-89(94)74-68-62-56-50-49-52-58-64-70-82(6)10-4)78-100-86(91)71-65-59-53-46-42-22-20-18-16-14-12-8-2/h81-85,90H,7-80H2,1-6H3,(H,95,96)(H,97,98)/t81?,82?,83-,84-,85-/m1/s1. The summed E-state index contributed by atoms with van der Waals surface area (Å²) in [7, 11) is -9.93. The maximum absolute atomic E-state index is 13.2. The first kappa shape index (κ1) is 106. The maximum Gasteiger partial charge on any atom is 0.472 e. The second-order valence-electron chi connectivity index (χ2n) is 32.5. The summed E-state index contributed by atoms with van der Waals surface area (Å²) in [6.45, 7) is 9.74. The topological polar surface area (TPSA) is 237 Å². The highest BCUT2D eigenvalue weighted by Gasteiger charge is 2.31. The van der Waals surface area contributed by atoms with Crippen LogP contribution >= 0.6 is 15.6 Å². The zero-order valence-corrected chi connectivity index (χ0v) is 73.0. The fourth-order valence-corrected chi connectivity index (χ4v) is 15.5. The van der Waals surface area contributed by atoms with Crippen LogP contribution < -0.4 is 0 Å². The molecule has 0 fully saturated rings. The summed E-state index contributed by atoms with van der Waals surface area (Å²) in [6, 6.07) is 0. The van der Waals surface area contributed by atoms with E-state index < -0.39 is 97.5 Å². The third-order valence-electron chi connectivity index (χ3n) is 21.7. The highest BCUT2D eigenvalue weighted by atomic mass is 31.2. The van der Waals surface area contributed by atoms with Crippen LogP contribution in [0.2, 0.25) is 0 Å². The van der Waals surface area contributed by atoms with Crippen molar-refractivity contribution in [2.75, 3.05) is 39.6 Å². The lowest BCUT2D eigenvalue weighted by atomic mass is 9.99. The Morgan fingerprint density at radius 2 is 0.444 bits per heavy atom. The van der Waals surface area contributed by atoms with Gasteiger partial charge in [-0.2, -0.15) is 0 Å². The van der Waals surface area contributed by atoms with Gasteiger partial charge in [0.25, 0.3) is 0 Å². The largest absolute Gasteiger partial charge is 0.472 e. The first-order valence-electron chi connectivity index (χ1n) is 46.1. The smallest absolute Gasteiger partial charge is 0.462 e. The molecule has 0 heterocycles. The van der Waals surface area contributed by atoms with Crippen molar-refractivity contribution in [1.82, 2.24) is 0 Å². The number of ether oxygens (including phenoxy) is 4. The lowest BCUT2D eigenvalue weighted by Gasteiger charge is -2.21. The molecule has 108 heavy (non-hydrogen) atoms. The van der Waals surface area contributed by atoms with Crippen molar-refractivity contribution < 1.29 is 80.2 Å². The summed E-state index contributed by atoms with van der Waals surface area (Å²) < 4.78 is 69.0. The van der Waals surface area contributed by atoms with Gasteiger partial charge in [-0.05, 0) is 37.5 Å². The van der Waals surface area contributed by atoms with Crippen molar-refractivity contribution in [3.8, 4) is 0 Å². The van der Waals surface area contributed by atoms with Crippen molar-refractivity contribution in [2.24, 2.45) is 11.8 Å². The van der Waals surface area contributed by atoms with E-state index in [0.717, 1.165) is 102 Å². The average Bonchev–Trinajstić information content (AvgIpc) is 0.900. The molecule has 0 saturated carbocycles. The zero-order chi connectivity index (χ0) is 79.2. The molecule has 642 valence electrons. The van der Waals surface area contributed by atoms with Gasteiger partial charge < -0.3 is 33.8 Å². The van der Waals surface area contributed by atoms with E-state index in [9.17, 15) is 43.2 Å². The van der Waals surface area contributed by atoms with Crippen LogP contribution in [0, 0.1) is 11.8 Å². The van der Waals surface area contributed by atoms with Gasteiger partial charge in [-0.3, -0.25) is 37.3 Å². The third-order valence-corrected chi connectivity index (χ3v) is 23.6. The normalized spacial score (nSPS) is 14.3. The number of esters is 4. The highest BCUT2D eigenvalue weighted by molar-refractivity contribution is 7.47. The van der Waals surface area contributed by atoms with Crippen LogP contribution in [0.1, 0.15) is 478 Å². The number of phosphoric acid groups is 2.